The van der Waals surface area contributed by atoms with Crippen LogP contribution < -0.4 is 5.56 Å². The number of benzene rings is 2. The number of carbonyl (C=O) groups is 2. The molecule has 2 saturated heterocycles. The second kappa shape index (κ2) is 11.2. The summed E-state index contributed by atoms with van der Waals surface area (Å²) in [6.07, 6.45) is 1.38. The zero-order chi connectivity index (χ0) is 25.8. The van der Waals surface area contributed by atoms with E-state index in [1.165, 1.54) is 6.07 Å². The van der Waals surface area contributed by atoms with Crippen LogP contribution in [0.3, 0.4) is 0 Å². The molecule has 194 valence electrons. The monoisotopic (exact) mass is 508 g/mol. The van der Waals surface area contributed by atoms with Crippen molar-refractivity contribution in [3.8, 4) is 0 Å². The van der Waals surface area contributed by atoms with Crippen LogP contribution in [0.4, 0.5) is 4.39 Å². The summed E-state index contributed by atoms with van der Waals surface area (Å²) in [5.74, 6) is -1.01. The maximum Gasteiger partial charge on any atom is 0.272 e. The zero-order valence-corrected chi connectivity index (χ0v) is 20.5. The Bertz CT molecular complexity index is 1350. The van der Waals surface area contributed by atoms with Crippen molar-refractivity contribution in [2.75, 3.05) is 46.0 Å². The third kappa shape index (κ3) is 5.70. The molecule has 2 aromatic carbocycles. The Hall–Kier alpha value is -3.63. The molecule has 0 bridgehead atoms. The van der Waals surface area contributed by atoms with Crippen molar-refractivity contribution in [1.82, 2.24) is 20.0 Å². The summed E-state index contributed by atoms with van der Waals surface area (Å²) in [5.41, 5.74) is 1.10. The minimum atomic E-state index is -0.581. The molecule has 0 atom stereocenters. The molecule has 0 radical (unpaired) electrons. The second-order valence-electron chi connectivity index (χ2n) is 9.33. The molecule has 2 fully saturated rings. The van der Waals surface area contributed by atoms with Gasteiger partial charge in [0.15, 0.2) is 0 Å². The fourth-order valence-electron chi connectivity index (χ4n) is 4.83. The van der Waals surface area contributed by atoms with Crippen molar-refractivity contribution >= 4 is 22.6 Å². The number of aromatic amines is 1. The van der Waals surface area contributed by atoms with E-state index in [2.05, 4.69) is 10.2 Å². The summed E-state index contributed by atoms with van der Waals surface area (Å²) in [7, 11) is 0. The highest BCUT2D eigenvalue weighted by Crippen LogP contribution is 2.22. The van der Waals surface area contributed by atoms with E-state index in [-0.39, 0.29) is 35.6 Å². The average molecular weight is 509 g/mol. The molecule has 2 aliphatic rings. The SMILES string of the molecule is O=C(COC1CCN(C(=O)c2cc(Cc3n[nH]c(=O)c4ccccc34)ccc2F)CC1)N1CCOCC1. The largest absolute Gasteiger partial charge is 0.378 e. The van der Waals surface area contributed by atoms with Gasteiger partial charge in [0, 0.05) is 38.0 Å². The van der Waals surface area contributed by atoms with E-state index < -0.39 is 5.82 Å². The normalized spacial score (nSPS) is 16.8. The first kappa shape index (κ1) is 25.0. The van der Waals surface area contributed by atoms with Gasteiger partial charge in [-0.2, -0.15) is 5.10 Å². The lowest BCUT2D eigenvalue weighted by Gasteiger charge is -2.33. The van der Waals surface area contributed by atoms with Crippen LogP contribution >= 0.6 is 0 Å². The number of carbonyl (C=O) groups excluding carboxylic acids is 2. The molecule has 2 aliphatic heterocycles. The molecule has 3 heterocycles. The van der Waals surface area contributed by atoms with Gasteiger partial charge in [-0.1, -0.05) is 24.3 Å². The number of ether oxygens (including phenoxy) is 2. The van der Waals surface area contributed by atoms with E-state index in [0.29, 0.717) is 75.3 Å². The maximum atomic E-state index is 14.7. The van der Waals surface area contributed by atoms with Gasteiger partial charge in [0.05, 0.1) is 36.0 Å². The average Bonchev–Trinajstić information content (AvgIpc) is 2.95. The molecule has 37 heavy (non-hydrogen) atoms. The quantitative estimate of drug-likeness (QED) is 0.547. The Labute approximate surface area is 213 Å². The van der Waals surface area contributed by atoms with Gasteiger partial charge in [0.1, 0.15) is 12.4 Å². The van der Waals surface area contributed by atoms with Crippen LogP contribution in [0.25, 0.3) is 10.8 Å². The Morgan fingerprint density at radius 3 is 2.51 bits per heavy atom. The summed E-state index contributed by atoms with van der Waals surface area (Å²) < 4.78 is 25.8. The number of piperidine rings is 1. The van der Waals surface area contributed by atoms with Crippen molar-refractivity contribution in [3.05, 3.63) is 75.5 Å². The van der Waals surface area contributed by atoms with Crippen molar-refractivity contribution in [2.45, 2.75) is 25.4 Å². The molecule has 1 aromatic heterocycles. The van der Waals surface area contributed by atoms with Crippen molar-refractivity contribution in [2.24, 2.45) is 0 Å². The van der Waals surface area contributed by atoms with E-state index in [9.17, 15) is 18.8 Å². The summed E-state index contributed by atoms with van der Waals surface area (Å²) >= 11 is 0. The van der Waals surface area contributed by atoms with Gasteiger partial charge in [-0.15, -0.1) is 0 Å². The first-order valence-corrected chi connectivity index (χ1v) is 12.5. The number of nitrogens with one attached hydrogen (secondary N) is 1. The lowest BCUT2D eigenvalue weighted by molar-refractivity contribution is -0.143. The molecule has 10 heteroatoms. The van der Waals surface area contributed by atoms with Crippen LogP contribution in [0.2, 0.25) is 0 Å². The Morgan fingerprint density at radius 2 is 1.76 bits per heavy atom. The summed E-state index contributed by atoms with van der Waals surface area (Å²) in [4.78, 5) is 40.9. The van der Waals surface area contributed by atoms with Gasteiger partial charge >= 0.3 is 0 Å². The highest BCUT2D eigenvalue weighted by Gasteiger charge is 2.27. The minimum absolute atomic E-state index is 0.00749. The van der Waals surface area contributed by atoms with Crippen molar-refractivity contribution < 1.29 is 23.5 Å². The predicted octanol–water partition coefficient (Wildman–Crippen LogP) is 2.13. The number of rotatable bonds is 6. The number of morpholine rings is 1. The molecule has 2 amide bonds. The smallest absolute Gasteiger partial charge is 0.272 e. The number of H-pyrrole nitrogens is 1. The minimum Gasteiger partial charge on any atom is -0.378 e. The third-order valence-electron chi connectivity index (χ3n) is 6.94. The molecule has 1 N–H and O–H groups in total. The molecular weight excluding hydrogens is 479 g/mol. The first-order chi connectivity index (χ1) is 18.0. The molecule has 0 spiro atoms. The Morgan fingerprint density at radius 1 is 1.03 bits per heavy atom. The molecule has 0 aliphatic carbocycles. The van der Waals surface area contributed by atoms with Gasteiger partial charge < -0.3 is 19.3 Å². The van der Waals surface area contributed by atoms with Crippen LogP contribution in [0.1, 0.15) is 34.5 Å². The number of halogens is 1. The van der Waals surface area contributed by atoms with E-state index in [4.69, 9.17) is 9.47 Å². The molecule has 0 unspecified atom stereocenters. The summed E-state index contributed by atoms with van der Waals surface area (Å²) in [6, 6.07) is 11.6. The predicted molar refractivity (Wildman–Crippen MR) is 134 cm³/mol. The number of hydrogen-bond acceptors (Lipinski definition) is 6. The van der Waals surface area contributed by atoms with Gasteiger partial charge in [-0.3, -0.25) is 14.4 Å². The number of aromatic nitrogens is 2. The van der Waals surface area contributed by atoms with E-state index in [1.54, 1.807) is 34.1 Å². The second-order valence-corrected chi connectivity index (χ2v) is 9.33. The fourth-order valence-corrected chi connectivity index (χ4v) is 4.83. The van der Waals surface area contributed by atoms with Gasteiger partial charge in [0.2, 0.25) is 5.91 Å². The zero-order valence-electron chi connectivity index (χ0n) is 20.5. The number of nitrogens with zero attached hydrogens (tertiary/aromatic N) is 3. The number of fused-ring (bicyclic) bond motifs is 1. The lowest BCUT2D eigenvalue weighted by atomic mass is 10.0. The van der Waals surface area contributed by atoms with E-state index in [1.807, 2.05) is 12.1 Å². The lowest BCUT2D eigenvalue weighted by Crippen LogP contribution is -2.44. The van der Waals surface area contributed by atoms with Crippen LogP contribution in [0, 0.1) is 5.82 Å². The fraction of sp³-hybridized carbons (Fsp3) is 0.407. The van der Waals surface area contributed by atoms with Gasteiger partial charge in [0.25, 0.3) is 11.5 Å². The van der Waals surface area contributed by atoms with Crippen LogP contribution in [0.5, 0.6) is 0 Å². The van der Waals surface area contributed by atoms with Crippen LogP contribution in [0.15, 0.2) is 47.3 Å². The van der Waals surface area contributed by atoms with E-state index >= 15 is 0 Å². The molecule has 5 rings (SSSR count). The molecule has 9 nitrogen and oxygen atoms in total. The molecular formula is C27H29FN4O5. The Kier molecular flexibility index (Phi) is 7.57. The Balaban J connectivity index is 1.20. The number of likely N-dealkylation sites (tertiary alicyclic amines) is 1. The topological polar surface area (TPSA) is 105 Å². The highest BCUT2D eigenvalue weighted by atomic mass is 19.1. The van der Waals surface area contributed by atoms with Gasteiger partial charge in [-0.05, 0) is 36.6 Å². The molecule has 0 saturated carbocycles. The third-order valence-corrected chi connectivity index (χ3v) is 6.94. The molecule has 3 aromatic rings. The highest BCUT2D eigenvalue weighted by molar-refractivity contribution is 5.95. The summed E-state index contributed by atoms with van der Waals surface area (Å²) in [6.45, 7) is 3.10. The summed E-state index contributed by atoms with van der Waals surface area (Å²) in [5, 5.41) is 7.94. The van der Waals surface area contributed by atoms with Crippen LogP contribution in [-0.4, -0.2) is 83.9 Å². The number of amides is 2. The first-order valence-electron chi connectivity index (χ1n) is 12.5. The standard InChI is InChI=1S/C27H29FN4O5/c28-23-6-5-18(16-24-20-3-1-2-4-21(20)26(34)30-29-24)15-22(23)27(35)32-9-7-19(8-10-32)37-17-25(33)31-11-13-36-14-12-31/h1-6,15,19H,7-14,16-17H2,(H,30,34). The van der Waals surface area contributed by atoms with Crippen LogP contribution in [-0.2, 0) is 20.7 Å². The van der Waals surface area contributed by atoms with Gasteiger partial charge in [-0.25, -0.2) is 9.49 Å². The number of hydrogen-bond donors (Lipinski definition) is 1. The van der Waals surface area contributed by atoms with Crippen molar-refractivity contribution in [3.63, 3.8) is 0 Å². The maximum absolute atomic E-state index is 14.7. The van der Waals surface area contributed by atoms with Crippen molar-refractivity contribution in [1.29, 1.82) is 0 Å². The van der Waals surface area contributed by atoms with E-state index in [0.717, 1.165) is 5.39 Å².